The zero-order chi connectivity index (χ0) is 16.1. The van der Waals surface area contributed by atoms with Gasteiger partial charge in [0.25, 0.3) is 0 Å². The minimum atomic E-state index is 0.639. The van der Waals surface area contributed by atoms with Gasteiger partial charge >= 0.3 is 0 Å². The molecule has 0 aromatic heterocycles. The molecule has 4 heteroatoms. The van der Waals surface area contributed by atoms with Crippen molar-refractivity contribution in [2.45, 2.75) is 25.7 Å². The maximum absolute atomic E-state index is 9.06. The molecule has 2 rings (SSSR count). The van der Waals surface area contributed by atoms with Gasteiger partial charge in [0.1, 0.15) is 6.29 Å². The van der Waals surface area contributed by atoms with Crippen molar-refractivity contribution in [2.24, 2.45) is 0 Å². The fraction of sp³-hybridized carbons (Fsp3) is 0.471. The zero-order valence-electron chi connectivity index (χ0n) is 13.7. The lowest BCUT2D eigenvalue weighted by molar-refractivity contribution is -0.104. The highest BCUT2D eigenvalue weighted by Crippen LogP contribution is 2.24. The summed E-state index contributed by atoms with van der Waals surface area (Å²) in [7, 11) is 2.19. The van der Waals surface area contributed by atoms with Crippen LogP contribution < -0.4 is 0 Å². The lowest BCUT2D eigenvalue weighted by atomic mass is 10.2. The highest BCUT2D eigenvalue weighted by atomic mass is 32.2. The Labute approximate surface area is 134 Å². The molecule has 1 aromatic carbocycles. The van der Waals surface area contributed by atoms with Crippen LogP contribution in [0.15, 0.2) is 41.8 Å². The number of piperazine rings is 1. The fourth-order valence-electron chi connectivity index (χ4n) is 1.70. The first kappa shape index (κ1) is 19.9. The van der Waals surface area contributed by atoms with E-state index in [2.05, 4.69) is 54.0 Å². The van der Waals surface area contributed by atoms with Crippen LogP contribution in [-0.2, 0) is 4.79 Å². The first-order chi connectivity index (χ1) is 10.2. The van der Waals surface area contributed by atoms with Crippen LogP contribution in [0.5, 0.6) is 0 Å². The number of hydrogen-bond acceptors (Lipinski definition) is 4. The normalized spacial score (nSPS) is 15.0. The molecule has 1 saturated heterocycles. The largest absolute Gasteiger partial charge is 0.304 e. The summed E-state index contributed by atoms with van der Waals surface area (Å²) < 4.78 is 2.45. The van der Waals surface area contributed by atoms with E-state index in [1.54, 1.807) is 0 Å². The van der Waals surface area contributed by atoms with E-state index in [-0.39, 0.29) is 0 Å². The number of aryl methyl sites for hydroxylation is 1. The quantitative estimate of drug-likeness (QED) is 0.483. The Bertz CT molecular complexity index is 396. The van der Waals surface area contributed by atoms with E-state index in [4.69, 9.17) is 4.79 Å². The third kappa shape index (κ3) is 9.45. The molecule has 0 saturated carbocycles. The van der Waals surface area contributed by atoms with Crippen molar-refractivity contribution in [3.05, 3.63) is 42.5 Å². The van der Waals surface area contributed by atoms with Crippen LogP contribution in [0.1, 0.15) is 19.4 Å². The second-order valence-corrected chi connectivity index (χ2v) is 5.68. The predicted octanol–water partition coefficient (Wildman–Crippen LogP) is 3.65. The number of rotatable bonds is 3. The predicted molar refractivity (Wildman–Crippen MR) is 93.7 cm³/mol. The van der Waals surface area contributed by atoms with Crippen molar-refractivity contribution >= 4 is 18.2 Å². The Kier molecular flexibility index (Phi) is 12.0. The van der Waals surface area contributed by atoms with Crippen LogP contribution in [0.2, 0.25) is 0 Å². The monoisotopic (exact) mass is 308 g/mol. The van der Waals surface area contributed by atoms with E-state index >= 15 is 0 Å². The van der Waals surface area contributed by atoms with Crippen molar-refractivity contribution in [1.82, 2.24) is 9.21 Å². The lowest BCUT2D eigenvalue weighted by Crippen LogP contribution is -2.40. The van der Waals surface area contributed by atoms with Gasteiger partial charge in [-0.25, -0.2) is 4.31 Å². The summed E-state index contributed by atoms with van der Waals surface area (Å²) >= 11 is 1.89. The smallest absolute Gasteiger partial charge is 0.142 e. The number of hydrogen-bond donors (Lipinski definition) is 0. The van der Waals surface area contributed by atoms with E-state index in [0.717, 1.165) is 13.1 Å². The number of nitrogens with zero attached hydrogens (tertiary/aromatic N) is 2. The van der Waals surface area contributed by atoms with Gasteiger partial charge in [0.2, 0.25) is 0 Å². The van der Waals surface area contributed by atoms with E-state index in [1.165, 1.54) is 29.6 Å². The van der Waals surface area contributed by atoms with E-state index in [1.807, 2.05) is 25.8 Å². The van der Waals surface area contributed by atoms with Crippen molar-refractivity contribution in [3.63, 3.8) is 0 Å². The van der Waals surface area contributed by atoms with Gasteiger partial charge in [-0.3, -0.25) is 4.79 Å². The first-order valence-corrected chi connectivity index (χ1v) is 8.17. The summed E-state index contributed by atoms with van der Waals surface area (Å²) in [5.41, 5.74) is 1.34. The summed E-state index contributed by atoms with van der Waals surface area (Å²) in [5, 5.41) is 0. The van der Waals surface area contributed by atoms with Gasteiger partial charge in [0.15, 0.2) is 0 Å². The van der Waals surface area contributed by atoms with Crippen molar-refractivity contribution in [1.29, 1.82) is 0 Å². The van der Waals surface area contributed by atoms with Gasteiger partial charge in [0, 0.05) is 31.1 Å². The minimum absolute atomic E-state index is 0.639. The molecule has 118 valence electrons. The van der Waals surface area contributed by atoms with Gasteiger partial charge in [0.05, 0.1) is 0 Å². The number of benzene rings is 1. The first-order valence-electron chi connectivity index (χ1n) is 7.40. The third-order valence-corrected chi connectivity index (χ3v) is 3.87. The Morgan fingerprint density at radius 1 is 1.19 bits per heavy atom. The molecule has 3 nitrogen and oxygen atoms in total. The molecule has 0 unspecified atom stereocenters. The highest BCUT2D eigenvalue weighted by molar-refractivity contribution is 7.97. The van der Waals surface area contributed by atoms with Gasteiger partial charge in [-0.05, 0) is 49.7 Å². The number of allylic oxidation sites excluding steroid dienone is 1. The summed E-state index contributed by atoms with van der Waals surface area (Å²) in [6.07, 6.45) is 1.83. The molecule has 1 heterocycles. The minimum Gasteiger partial charge on any atom is -0.304 e. The van der Waals surface area contributed by atoms with Crippen LogP contribution >= 0.6 is 11.9 Å². The number of aldehydes is 1. The second kappa shape index (κ2) is 12.6. The Hall–Kier alpha value is -1.10. The third-order valence-electron chi connectivity index (χ3n) is 2.78. The number of carbonyl (C=O) groups excluding carboxylic acids is 1. The van der Waals surface area contributed by atoms with Crippen molar-refractivity contribution < 1.29 is 4.79 Å². The summed E-state index contributed by atoms with van der Waals surface area (Å²) in [6, 6.07) is 8.72. The Balaban J connectivity index is 0.000000579. The van der Waals surface area contributed by atoms with Crippen LogP contribution in [0.3, 0.4) is 0 Å². The summed E-state index contributed by atoms with van der Waals surface area (Å²) in [6.45, 7) is 13.9. The zero-order valence-corrected chi connectivity index (χ0v) is 14.5. The maximum Gasteiger partial charge on any atom is 0.142 e. The summed E-state index contributed by atoms with van der Waals surface area (Å²) in [4.78, 5) is 12.8. The standard InChI is InChI=1S/C12H18N2S.C3H4O.C2H6/c1-11-4-3-5-12(10-11)15-14-8-6-13(2)7-9-14;1-2-3-4;1-2/h3-5,10H,6-9H2,1-2H3;2-3H,1H2;1-2H3. The van der Waals surface area contributed by atoms with E-state index < -0.39 is 0 Å². The molecule has 0 spiro atoms. The molecule has 0 amide bonds. The highest BCUT2D eigenvalue weighted by Gasteiger charge is 2.14. The number of carbonyl (C=O) groups is 1. The van der Waals surface area contributed by atoms with Gasteiger partial charge in [-0.2, -0.15) is 0 Å². The van der Waals surface area contributed by atoms with Crippen molar-refractivity contribution in [3.8, 4) is 0 Å². The van der Waals surface area contributed by atoms with Crippen LogP contribution in [0.4, 0.5) is 0 Å². The molecule has 0 aliphatic carbocycles. The van der Waals surface area contributed by atoms with Crippen LogP contribution in [0.25, 0.3) is 0 Å². The molecule has 0 bridgehead atoms. The summed E-state index contributed by atoms with van der Waals surface area (Å²) in [5.74, 6) is 0. The number of likely N-dealkylation sites (N-methyl/N-ethyl adjacent to an activating group) is 1. The molecular weight excluding hydrogens is 280 g/mol. The van der Waals surface area contributed by atoms with Gasteiger partial charge < -0.3 is 4.90 Å². The molecule has 1 aromatic rings. The average molecular weight is 308 g/mol. The van der Waals surface area contributed by atoms with Crippen LogP contribution in [-0.4, -0.2) is 48.7 Å². The van der Waals surface area contributed by atoms with E-state index in [0.29, 0.717) is 6.29 Å². The molecule has 0 atom stereocenters. The molecule has 1 aliphatic heterocycles. The molecule has 1 aliphatic rings. The van der Waals surface area contributed by atoms with Gasteiger partial charge in [-0.15, -0.1) is 0 Å². The van der Waals surface area contributed by atoms with Crippen LogP contribution in [0, 0.1) is 6.92 Å². The van der Waals surface area contributed by atoms with E-state index in [9.17, 15) is 0 Å². The van der Waals surface area contributed by atoms with Crippen molar-refractivity contribution in [2.75, 3.05) is 33.2 Å². The average Bonchev–Trinajstić information content (AvgIpc) is 2.52. The Morgan fingerprint density at radius 3 is 2.24 bits per heavy atom. The fourth-order valence-corrected chi connectivity index (χ4v) is 2.72. The topological polar surface area (TPSA) is 23.6 Å². The SMILES string of the molecule is C=CC=O.CC.Cc1cccc(SN2CCN(C)CC2)c1. The maximum atomic E-state index is 9.06. The lowest BCUT2D eigenvalue weighted by Gasteiger charge is -2.31. The molecule has 0 N–H and O–H groups in total. The molecule has 21 heavy (non-hydrogen) atoms. The second-order valence-electron chi connectivity index (χ2n) is 4.51. The molecule has 0 radical (unpaired) electrons. The van der Waals surface area contributed by atoms with Gasteiger partial charge in [-0.1, -0.05) is 32.6 Å². The Morgan fingerprint density at radius 2 is 1.76 bits per heavy atom. The molecular formula is C17H28N2OS. The molecule has 1 fully saturated rings.